The van der Waals surface area contributed by atoms with Gasteiger partial charge >= 0.3 is 11.4 Å². The second-order valence-corrected chi connectivity index (χ2v) is 33.3. The maximum Gasteiger partial charge on any atom is 0.304 e. The van der Waals surface area contributed by atoms with E-state index >= 15 is 0 Å². The summed E-state index contributed by atoms with van der Waals surface area (Å²) in [7, 11) is 3.26. The second kappa shape index (κ2) is 54.1. The lowest BCUT2D eigenvalue weighted by Crippen LogP contribution is -2.34. The monoisotopic (exact) mass is 1850 g/mol. The molecule has 2 fully saturated rings. The first kappa shape index (κ1) is 103. The summed E-state index contributed by atoms with van der Waals surface area (Å²) in [6.07, 6.45) is 8.05. The number of ether oxygens (including phenoxy) is 18. The highest BCUT2D eigenvalue weighted by Gasteiger charge is 2.43. The van der Waals surface area contributed by atoms with Crippen LogP contribution in [0.5, 0.6) is 34.5 Å². The van der Waals surface area contributed by atoms with Crippen molar-refractivity contribution in [1.82, 2.24) is 0 Å². The van der Waals surface area contributed by atoms with Gasteiger partial charge in [0.15, 0.2) is 11.5 Å². The van der Waals surface area contributed by atoms with Gasteiger partial charge in [-0.2, -0.15) is 10.5 Å². The molecule has 135 heavy (non-hydrogen) atoms. The number of rotatable bonds is 17. The summed E-state index contributed by atoms with van der Waals surface area (Å²) < 4.78 is 112. The van der Waals surface area contributed by atoms with Crippen molar-refractivity contribution >= 4 is 46.3 Å². The molecule has 1 unspecified atom stereocenters. The molecule has 8 aliphatic heterocycles. The van der Waals surface area contributed by atoms with Crippen molar-refractivity contribution in [1.29, 1.82) is 21.0 Å². The number of allylic oxidation sites excluding steroid dienone is 4. The lowest BCUT2D eigenvalue weighted by atomic mass is 9.88. The van der Waals surface area contributed by atoms with Crippen molar-refractivity contribution in [3.8, 4) is 58.8 Å². The van der Waals surface area contributed by atoms with Gasteiger partial charge in [0.1, 0.15) is 97.5 Å². The van der Waals surface area contributed by atoms with Crippen LogP contribution in [0, 0.1) is 86.2 Å². The first-order valence-corrected chi connectivity index (χ1v) is 46.1. The number of nitriles is 4. The van der Waals surface area contributed by atoms with Crippen LogP contribution < -0.4 is 57.8 Å². The average molecular weight is 1850 g/mol. The van der Waals surface area contributed by atoms with E-state index in [1.807, 2.05) is 60.7 Å². The standard InChI is InChI=1S/C53H66N6O10.C51H62N6O9/c1-40-7-12-46-49(35-40)66-27-20-59(21-28-67-50-36-41(2)8-13-47(50)58-18-25-64-32-30-62-23-16-57(46)17-24-63-31-33-65-26-19-58)48-14-10-42(37-51(48)68-34-29-61-5)9-11-44-43(38-54)52(45(39-55)56-4)69-53(44,3)15-6-22-60;1-38-7-12-44-47(33-38)63-25-19-57(46-14-10-40(35-49(46)65-32-27-58-6)9-11-42-41(36-52)50(43(37-53)54-5)66-51(42,3)4)20-26-64-48-34-39(2)8-13-45(48)56-17-23-61-30-28-59-21-15-55(44)16-22-60-29-31-62-24-18-56/h7-14,35-37,60H,6,15-34H2,1-3,5H3;7-14,33-35H,15-32H2,1-4,6H3/b11-9+,52-45-;11-9+,50-43-. The van der Waals surface area contributed by atoms with Gasteiger partial charge in [0.05, 0.1) is 216 Å². The van der Waals surface area contributed by atoms with E-state index in [1.54, 1.807) is 47.1 Å². The summed E-state index contributed by atoms with van der Waals surface area (Å²) >= 11 is 0. The predicted molar refractivity (Wildman–Crippen MR) is 517 cm³/mol. The number of anilines is 6. The van der Waals surface area contributed by atoms with Crippen LogP contribution in [0.2, 0.25) is 0 Å². The number of hydrogen-bond donors (Lipinski definition) is 1. The molecule has 2 saturated heterocycles. The van der Waals surface area contributed by atoms with E-state index in [2.05, 4.69) is 152 Å². The molecule has 31 heteroatoms. The van der Waals surface area contributed by atoms with Crippen LogP contribution in [0.4, 0.5) is 34.1 Å². The van der Waals surface area contributed by atoms with Crippen LogP contribution >= 0.6 is 0 Å². The zero-order chi connectivity index (χ0) is 95.6. The quantitative estimate of drug-likeness (QED) is 0.0384. The Labute approximate surface area is 795 Å². The first-order valence-electron chi connectivity index (χ1n) is 46.1. The number of aliphatic hydroxyl groups excluding tert-OH is 1. The van der Waals surface area contributed by atoms with E-state index in [0.717, 1.165) is 90.5 Å². The maximum absolute atomic E-state index is 10.3. The number of aryl methyl sites for hydroxylation is 4. The van der Waals surface area contributed by atoms with E-state index in [1.165, 1.54) is 0 Å². The van der Waals surface area contributed by atoms with Gasteiger partial charge in [-0.1, -0.05) is 60.7 Å². The highest BCUT2D eigenvalue weighted by molar-refractivity contribution is 5.72. The van der Waals surface area contributed by atoms with E-state index < -0.39 is 11.2 Å². The van der Waals surface area contributed by atoms with Crippen LogP contribution in [0.1, 0.15) is 67.0 Å². The number of nitrogens with zero attached hydrogens (tertiary/aromatic N) is 12. The number of methoxy groups -OCH3 is 2. The Balaban J connectivity index is 0.000000260. The van der Waals surface area contributed by atoms with Gasteiger partial charge in [-0.05, 0) is 167 Å². The number of fused-ring (bicyclic) bond motifs is 40. The number of benzene rings is 6. The molecule has 14 rings (SSSR count). The fourth-order valence-corrected chi connectivity index (χ4v) is 16.2. The molecule has 4 bridgehead atoms. The highest BCUT2D eigenvalue weighted by Crippen LogP contribution is 2.46. The van der Waals surface area contributed by atoms with E-state index in [-0.39, 0.29) is 47.3 Å². The van der Waals surface area contributed by atoms with Crippen molar-refractivity contribution in [3.63, 3.8) is 0 Å². The Hall–Kier alpha value is -12.5. The van der Waals surface area contributed by atoms with E-state index in [0.29, 0.717) is 266 Å². The van der Waals surface area contributed by atoms with Crippen molar-refractivity contribution in [2.24, 2.45) is 0 Å². The maximum atomic E-state index is 10.3. The van der Waals surface area contributed by atoms with Crippen LogP contribution in [0.15, 0.2) is 167 Å². The molecule has 0 saturated carbocycles. The smallest absolute Gasteiger partial charge is 0.304 e. The number of aliphatic hydroxyl groups is 1. The third kappa shape index (κ3) is 30.0. The van der Waals surface area contributed by atoms with E-state index in [9.17, 15) is 26.2 Å². The van der Waals surface area contributed by atoms with Gasteiger partial charge in [-0.3, -0.25) is 0 Å². The molecular weight excluding hydrogens is 1720 g/mol. The Morgan fingerprint density at radius 2 is 0.667 bits per heavy atom. The topological polar surface area (TPSA) is 310 Å². The van der Waals surface area contributed by atoms with Crippen molar-refractivity contribution in [2.45, 2.75) is 72.5 Å². The van der Waals surface area contributed by atoms with Crippen LogP contribution in [0.3, 0.4) is 0 Å². The molecule has 31 nitrogen and oxygen atoms in total. The Bertz CT molecular complexity index is 5130. The largest absolute Gasteiger partial charge is 0.492 e. The van der Waals surface area contributed by atoms with Gasteiger partial charge in [-0.15, -0.1) is 0 Å². The molecule has 6 aromatic rings. The zero-order valence-corrected chi connectivity index (χ0v) is 79.4. The normalized spacial score (nSPS) is 19.5. The fourth-order valence-electron chi connectivity index (χ4n) is 16.2. The third-order valence-electron chi connectivity index (χ3n) is 23.3. The minimum Gasteiger partial charge on any atom is -0.492 e. The molecule has 718 valence electrons. The second-order valence-electron chi connectivity index (χ2n) is 33.3. The Morgan fingerprint density at radius 1 is 0.378 bits per heavy atom. The number of hydrogen-bond acceptors (Lipinski definition) is 29. The van der Waals surface area contributed by atoms with Gasteiger partial charge < -0.3 is 120 Å². The van der Waals surface area contributed by atoms with E-state index in [4.69, 9.17) is 98.4 Å². The Kier molecular flexibility index (Phi) is 41.3. The highest BCUT2D eigenvalue weighted by atomic mass is 16.6. The van der Waals surface area contributed by atoms with Gasteiger partial charge in [-0.25, -0.2) is 20.2 Å². The van der Waals surface area contributed by atoms with Crippen LogP contribution in [-0.4, -0.2) is 274 Å². The van der Waals surface area contributed by atoms with Crippen molar-refractivity contribution in [3.05, 3.63) is 223 Å². The minimum absolute atomic E-state index is 0.00467. The van der Waals surface area contributed by atoms with Crippen molar-refractivity contribution in [2.75, 3.05) is 287 Å². The minimum atomic E-state index is -1.06. The van der Waals surface area contributed by atoms with Crippen LogP contribution in [-0.2, 0) is 56.8 Å². The zero-order valence-electron chi connectivity index (χ0n) is 79.4. The van der Waals surface area contributed by atoms with Gasteiger partial charge in [0, 0.05) is 84.3 Å². The average Bonchev–Trinajstić information content (AvgIpc) is 1.62. The summed E-state index contributed by atoms with van der Waals surface area (Å²) in [5.41, 5.74) is 10.0. The summed E-state index contributed by atoms with van der Waals surface area (Å²) in [6, 6.07) is 44.9. The van der Waals surface area contributed by atoms with Crippen molar-refractivity contribution < 1.29 is 90.4 Å². The summed E-state index contributed by atoms with van der Waals surface area (Å²) in [5, 5.41) is 49.4. The molecule has 0 aliphatic carbocycles. The lowest BCUT2D eigenvalue weighted by Gasteiger charge is -2.30. The summed E-state index contributed by atoms with van der Waals surface area (Å²) in [6.45, 7) is 46.0. The molecule has 0 spiro atoms. The lowest BCUT2D eigenvalue weighted by molar-refractivity contribution is 0.0435. The summed E-state index contributed by atoms with van der Waals surface area (Å²) in [5.74, 6) is 4.18. The first-order chi connectivity index (χ1) is 65.9. The summed E-state index contributed by atoms with van der Waals surface area (Å²) in [4.78, 5) is 20.0. The van der Waals surface area contributed by atoms with Crippen LogP contribution in [0.25, 0.3) is 21.8 Å². The Morgan fingerprint density at radius 3 is 0.963 bits per heavy atom. The molecule has 0 aromatic heterocycles. The fraction of sp³-hybridized carbons (Fsp3) is 0.481. The molecule has 0 amide bonds. The molecule has 1 N–H and O–H groups in total. The van der Waals surface area contributed by atoms with Gasteiger partial charge in [0.25, 0.3) is 0 Å². The molecule has 8 heterocycles. The molecule has 0 radical (unpaired) electrons. The molecule has 1 atom stereocenters. The molecule has 8 aliphatic rings. The molecular formula is C104H128N12O19. The predicted octanol–water partition coefficient (Wildman–Crippen LogP) is 14.3. The molecule has 6 aromatic carbocycles. The van der Waals surface area contributed by atoms with Gasteiger partial charge in [0.2, 0.25) is 0 Å². The third-order valence-corrected chi connectivity index (χ3v) is 23.3. The SMILES string of the molecule is [C-]#[N+]/C(C#N)=C1\OC(C)(C)C(/C=C/c2ccc(N3CCOc4cc(C)ccc4N4CCOCCOCCN(CCOCCOCC4)c4ccc(C)cc4OCC3)c(OCCOC)c2)=C1C#N.[C-]#[N+]/C(C#N)=C1\OC(C)(CCCO)C(/C=C/c2ccc(N3CCOc4cc(C)ccc4N4CCOCCOCCN(CCOCCOCC4)c4ccc(C)cc4OCC3)c(OCCOC)c2)=C1C#N.